The highest BCUT2D eigenvalue weighted by Gasteiger charge is 2.21. The summed E-state index contributed by atoms with van der Waals surface area (Å²) in [7, 11) is 1.57. The molecule has 0 aliphatic rings. The SMILES string of the molecule is COc1ccc(NC(=O)c2cc(Cl)ccc2O)cc1.Cc1cc(NC(=O)c2cc(Cl)ccc2O)ccc1Cl.Cc1cc(NC(=O)c2ccc(Cl)cc2O)ccc1Cl.Cc1ccc(NC(=O)c2cc(Cl)ccc2O)cc1.Cc1ccc(NC(=O)c2cc(Cl)ccc2O)cc1.Cc1ccc(NC(=O)c2cc(Cl)ccc2O)cc1.Cc1ccc(NC(=O)c2cc(Cl)ccc2O)cc1.O=C(Nc1ccccc1)c1cc(Cl)ccc1O. The summed E-state index contributed by atoms with van der Waals surface area (Å²) in [5.41, 5.74) is 12.5. The summed E-state index contributed by atoms with van der Waals surface area (Å²) in [5.74, 6) is -3.37. The van der Waals surface area contributed by atoms with Gasteiger partial charge in [0.15, 0.2) is 0 Å². The second-order valence-corrected chi connectivity index (χ2v) is 35.7. The molecule has 0 fully saturated rings. The van der Waals surface area contributed by atoms with Gasteiger partial charge in [-0.15, -0.1) is 0 Å². The summed E-state index contributed by atoms with van der Waals surface area (Å²) >= 11 is 58.1. The Morgan fingerprint density at radius 2 is 0.377 bits per heavy atom. The average molecular weight is 2160 g/mol. The Hall–Kier alpha value is -15.6. The van der Waals surface area contributed by atoms with Crippen molar-refractivity contribution in [3.63, 3.8) is 0 Å². The van der Waals surface area contributed by atoms with Crippen LogP contribution in [0.4, 0.5) is 45.5 Å². The van der Waals surface area contributed by atoms with Gasteiger partial charge in [-0.3, -0.25) is 38.4 Å². The van der Waals surface area contributed by atoms with Crippen LogP contribution in [-0.4, -0.2) is 95.2 Å². The molecule has 0 saturated heterocycles. The van der Waals surface area contributed by atoms with E-state index < -0.39 is 23.6 Å². The molecule has 0 aromatic heterocycles. The van der Waals surface area contributed by atoms with Crippen molar-refractivity contribution >= 4 is 209 Å². The molecule has 16 N–H and O–H groups in total. The van der Waals surface area contributed by atoms with Crippen molar-refractivity contribution in [2.75, 3.05) is 49.6 Å². The van der Waals surface area contributed by atoms with E-state index in [0.717, 1.165) is 33.4 Å². The number of benzene rings is 16. The van der Waals surface area contributed by atoms with Gasteiger partial charge in [0.25, 0.3) is 47.3 Å². The maximum Gasteiger partial charge on any atom is 0.259 e. The fourth-order valence-electron chi connectivity index (χ4n) is 12.3. The van der Waals surface area contributed by atoms with Crippen LogP contribution in [0.2, 0.25) is 50.2 Å². The van der Waals surface area contributed by atoms with Crippen LogP contribution in [-0.2, 0) is 0 Å². The van der Waals surface area contributed by atoms with Gasteiger partial charge in [0.05, 0.1) is 51.6 Å². The number of hydrogen-bond donors (Lipinski definition) is 16. The van der Waals surface area contributed by atoms with Gasteiger partial charge in [0.2, 0.25) is 0 Å². The fourth-order valence-corrected chi connectivity index (χ4v) is 13.9. The Balaban J connectivity index is 0.000000186. The predicted octanol–water partition coefficient (Wildman–Crippen LogP) is 29.5. The minimum absolute atomic E-state index is 0.0935. The number of carbonyl (C=O) groups excluding carboxylic acids is 8. The summed E-state index contributed by atoms with van der Waals surface area (Å²) in [6, 6.07) is 90.5. The number of methoxy groups -OCH3 is 1. The third kappa shape index (κ3) is 36.7. The number of rotatable bonds is 17. The highest BCUT2D eigenvalue weighted by molar-refractivity contribution is 6.35. The number of ether oxygens (including phenoxy) is 1. The summed E-state index contributed by atoms with van der Waals surface area (Å²) in [6.45, 7) is 11.6. The molecule has 0 spiro atoms. The fraction of sp³-hybridized carbons (Fsp3) is 0.0631. The molecule has 0 heterocycles. The normalized spacial score (nSPS) is 10.1. The Morgan fingerprint density at radius 3 is 0.589 bits per heavy atom. The number of amides is 8. The van der Waals surface area contributed by atoms with Crippen molar-refractivity contribution in [3.8, 4) is 51.7 Å². The minimum Gasteiger partial charge on any atom is -0.507 e. The molecule has 0 atom stereocenters. The van der Waals surface area contributed by atoms with E-state index in [1.54, 1.807) is 135 Å². The van der Waals surface area contributed by atoms with Gasteiger partial charge in [0, 0.05) is 95.7 Å². The minimum atomic E-state index is -0.429. The van der Waals surface area contributed by atoms with E-state index in [2.05, 4.69) is 42.5 Å². The van der Waals surface area contributed by atoms with Crippen LogP contribution in [0.1, 0.15) is 116 Å². The lowest BCUT2D eigenvalue weighted by Gasteiger charge is -2.08. The molecule has 0 unspecified atom stereocenters. The summed E-state index contributed by atoms with van der Waals surface area (Å²) in [4.78, 5) is 95.6. The highest BCUT2D eigenvalue weighted by atomic mass is 35.5. The van der Waals surface area contributed by atoms with Gasteiger partial charge in [-0.2, -0.15) is 0 Å². The number of aryl methyl sites for hydroxylation is 6. The second-order valence-electron chi connectivity index (χ2n) is 31.4. The average Bonchev–Trinajstić information content (AvgIpc) is 0.858. The van der Waals surface area contributed by atoms with E-state index in [9.17, 15) is 79.2 Å². The van der Waals surface area contributed by atoms with Gasteiger partial charge in [-0.1, -0.05) is 205 Å². The van der Waals surface area contributed by atoms with Gasteiger partial charge in [-0.25, -0.2) is 0 Å². The number of hydrogen-bond acceptors (Lipinski definition) is 17. The third-order valence-corrected chi connectivity index (χ3v) is 22.8. The molecular weight excluding hydrogens is 2070 g/mol. The quantitative estimate of drug-likeness (QED) is 0.0403. The Kier molecular flexibility index (Phi) is 43.6. The summed E-state index contributed by atoms with van der Waals surface area (Å²) in [5, 5.41) is 103. The van der Waals surface area contributed by atoms with Crippen molar-refractivity contribution < 1.29 is 83.9 Å². The van der Waals surface area contributed by atoms with Crippen LogP contribution in [0.25, 0.3) is 0 Å². The molecule has 8 amide bonds. The Labute approximate surface area is 890 Å². The van der Waals surface area contributed by atoms with Crippen molar-refractivity contribution in [2.24, 2.45) is 0 Å². The van der Waals surface area contributed by atoms with Crippen molar-refractivity contribution in [3.05, 3.63) is 462 Å². The number of nitrogens with one attached hydrogen (secondary N) is 8. The Bertz CT molecular complexity index is 6900. The van der Waals surface area contributed by atoms with Gasteiger partial charge < -0.3 is 88.1 Å². The topological polar surface area (TPSA) is 404 Å². The second kappa shape index (κ2) is 55.9. The first kappa shape index (κ1) is 114. The molecule has 16 aromatic carbocycles. The molecule has 0 aliphatic heterocycles. The molecule has 748 valence electrons. The van der Waals surface area contributed by atoms with Crippen LogP contribution >= 0.6 is 116 Å². The van der Waals surface area contributed by atoms with E-state index in [1.807, 2.05) is 108 Å². The maximum absolute atomic E-state index is 12.0. The standard InChI is InChI=1S/2C14H11Cl2NO2.C14H12ClNO3.4C14H12ClNO2.C13H10ClNO2/c1-8-6-10(3-4-12(8)16)17-14(19)11-7-9(15)2-5-13(11)18;1-8-6-10(3-5-12(8)16)17-14(19)11-4-2-9(15)7-13(11)18;1-19-11-5-3-10(4-6-11)16-14(18)12-8-9(15)2-7-13(12)17;4*1-9-2-5-11(6-3-9)16-14(18)12-8-10(15)4-7-13(12)17;14-9-6-7-12(16)11(8-9)13(17)15-10-4-2-1-3-5-10/h2*2-7,18H,1H3,(H,17,19);2-8,17H,1H3,(H,16,18);4*2-8,17H,1H3,(H,16,18);1-8,16H,(H,15,17). The summed E-state index contributed by atoms with van der Waals surface area (Å²) in [6.07, 6.45) is 0. The van der Waals surface area contributed by atoms with Crippen LogP contribution in [0, 0.1) is 41.5 Å². The molecule has 146 heavy (non-hydrogen) atoms. The monoisotopic (exact) mass is 2160 g/mol. The maximum atomic E-state index is 12.0. The van der Waals surface area contributed by atoms with Gasteiger partial charge in [-0.05, 0) is 320 Å². The molecule has 25 nitrogen and oxygen atoms in total. The van der Waals surface area contributed by atoms with Crippen LogP contribution < -0.4 is 47.3 Å². The van der Waals surface area contributed by atoms with Crippen molar-refractivity contribution in [1.82, 2.24) is 0 Å². The van der Waals surface area contributed by atoms with E-state index in [0.29, 0.717) is 101 Å². The molecule has 16 rings (SSSR count). The first-order valence-electron chi connectivity index (χ1n) is 43.3. The number of carbonyl (C=O) groups is 8. The molecule has 0 saturated carbocycles. The lowest BCUT2D eigenvalue weighted by Crippen LogP contribution is -2.12. The van der Waals surface area contributed by atoms with Gasteiger partial charge >= 0.3 is 0 Å². The molecule has 35 heteroatoms. The number of para-hydroxylation sites is 1. The van der Waals surface area contributed by atoms with Crippen LogP contribution in [0.5, 0.6) is 51.7 Å². The molecule has 0 aliphatic carbocycles. The molecule has 0 bridgehead atoms. The Morgan fingerprint density at radius 1 is 0.192 bits per heavy atom. The molecular formula is C111H92Cl10N8O17. The summed E-state index contributed by atoms with van der Waals surface area (Å²) < 4.78 is 5.02. The molecule has 0 radical (unpaired) electrons. The number of anilines is 8. The largest absolute Gasteiger partial charge is 0.507 e. The van der Waals surface area contributed by atoms with Crippen molar-refractivity contribution in [1.29, 1.82) is 0 Å². The molecule has 16 aromatic rings. The number of phenols is 8. The zero-order valence-electron chi connectivity index (χ0n) is 78.3. The first-order valence-corrected chi connectivity index (χ1v) is 47.1. The van der Waals surface area contributed by atoms with E-state index in [-0.39, 0.29) is 114 Å². The number of halogens is 10. The highest BCUT2D eigenvalue weighted by Crippen LogP contribution is 2.34. The zero-order chi connectivity index (χ0) is 107. The van der Waals surface area contributed by atoms with E-state index in [1.165, 1.54) is 140 Å². The van der Waals surface area contributed by atoms with Gasteiger partial charge in [0.1, 0.15) is 51.7 Å². The van der Waals surface area contributed by atoms with Crippen LogP contribution in [0.15, 0.2) is 334 Å². The van der Waals surface area contributed by atoms with E-state index >= 15 is 0 Å². The van der Waals surface area contributed by atoms with Crippen LogP contribution in [0.3, 0.4) is 0 Å². The third-order valence-electron chi connectivity index (χ3n) is 20.1. The smallest absolute Gasteiger partial charge is 0.259 e. The lowest BCUT2D eigenvalue weighted by molar-refractivity contribution is 0.101. The lowest BCUT2D eigenvalue weighted by atomic mass is 10.1. The number of phenolic OH excluding ortho intramolecular Hbond substituents is 8. The number of aromatic hydroxyl groups is 8. The van der Waals surface area contributed by atoms with Crippen molar-refractivity contribution in [2.45, 2.75) is 41.5 Å². The first-order chi connectivity index (χ1) is 69.4. The zero-order valence-corrected chi connectivity index (χ0v) is 85.8. The van der Waals surface area contributed by atoms with E-state index in [4.69, 9.17) is 121 Å². The predicted molar refractivity (Wildman–Crippen MR) is 585 cm³/mol.